The number of hydrogen-bond acceptors (Lipinski definition) is 2. The Morgan fingerprint density at radius 3 is 2.18 bits per heavy atom. The van der Waals surface area contributed by atoms with Gasteiger partial charge in [0.1, 0.15) is 5.56 Å². The quantitative estimate of drug-likeness (QED) is 0.481. The topological polar surface area (TPSA) is 55.1 Å². The fourth-order valence-corrected chi connectivity index (χ4v) is 1.16. The third kappa shape index (κ3) is 2.94. The van der Waals surface area contributed by atoms with Crippen molar-refractivity contribution >= 4 is 5.91 Å². The number of carbonyl (C=O) groups excluding carboxylic acids is 1. The number of rotatable bonds is 4. The van der Waals surface area contributed by atoms with Crippen LogP contribution in [0.4, 0.5) is 17.6 Å². The molecular formula is C10H10F4N2O. The number of hydrogen-bond donors (Lipinski definition) is 2. The van der Waals surface area contributed by atoms with Crippen LogP contribution in [0.2, 0.25) is 0 Å². The largest absolute Gasteiger partial charge is 0.352 e. The van der Waals surface area contributed by atoms with Crippen LogP contribution in [0.3, 0.4) is 0 Å². The molecule has 1 aromatic carbocycles. The van der Waals surface area contributed by atoms with Crippen LogP contribution in [0.25, 0.3) is 0 Å². The van der Waals surface area contributed by atoms with Crippen LogP contribution in [0.5, 0.6) is 0 Å². The summed E-state index contributed by atoms with van der Waals surface area (Å²) in [5.41, 5.74) is 3.88. The number of nitrogens with two attached hydrogens (primary N) is 1. The summed E-state index contributed by atoms with van der Waals surface area (Å²) >= 11 is 0. The van der Waals surface area contributed by atoms with Gasteiger partial charge in [-0.25, -0.2) is 17.6 Å². The maximum Gasteiger partial charge on any atom is 0.257 e. The molecule has 0 aliphatic heterocycles. The van der Waals surface area contributed by atoms with Crippen LogP contribution in [0, 0.1) is 23.3 Å². The first-order valence-corrected chi connectivity index (χ1v) is 4.80. The van der Waals surface area contributed by atoms with Gasteiger partial charge in [0.2, 0.25) is 0 Å². The Bertz CT molecular complexity index is 411. The fraction of sp³-hybridized carbons (Fsp3) is 0.300. The van der Waals surface area contributed by atoms with Crippen LogP contribution in [-0.4, -0.2) is 19.0 Å². The molecule has 0 unspecified atom stereocenters. The second-order valence-electron chi connectivity index (χ2n) is 3.24. The van der Waals surface area contributed by atoms with Crippen molar-refractivity contribution in [3.8, 4) is 0 Å². The zero-order chi connectivity index (χ0) is 13.0. The van der Waals surface area contributed by atoms with E-state index in [9.17, 15) is 22.4 Å². The molecular weight excluding hydrogens is 240 g/mol. The van der Waals surface area contributed by atoms with Gasteiger partial charge in [-0.05, 0) is 13.0 Å². The standard InChI is InChI=1S/C10H10F4N2O/c11-5-4-6(12)9(14)7(8(5)13)10(17)16-3-1-2-15/h4H,1-3,15H2,(H,16,17). The lowest BCUT2D eigenvalue weighted by Gasteiger charge is -2.07. The summed E-state index contributed by atoms with van der Waals surface area (Å²) in [6, 6.07) is 0.0430. The van der Waals surface area contributed by atoms with Gasteiger partial charge in [-0.15, -0.1) is 0 Å². The maximum atomic E-state index is 13.1. The van der Waals surface area contributed by atoms with Crippen LogP contribution in [-0.2, 0) is 0 Å². The Morgan fingerprint density at radius 1 is 1.18 bits per heavy atom. The van der Waals surface area contributed by atoms with E-state index in [4.69, 9.17) is 5.73 Å². The highest BCUT2D eigenvalue weighted by atomic mass is 19.2. The zero-order valence-corrected chi connectivity index (χ0v) is 8.70. The minimum absolute atomic E-state index is 0.0430. The summed E-state index contributed by atoms with van der Waals surface area (Å²) in [7, 11) is 0. The van der Waals surface area contributed by atoms with Gasteiger partial charge >= 0.3 is 0 Å². The summed E-state index contributed by atoms with van der Waals surface area (Å²) < 4.78 is 51.8. The highest BCUT2D eigenvalue weighted by Crippen LogP contribution is 2.18. The van der Waals surface area contributed by atoms with Crippen LogP contribution in [0.15, 0.2) is 6.07 Å². The molecule has 0 atom stereocenters. The van der Waals surface area contributed by atoms with Crippen molar-refractivity contribution in [1.29, 1.82) is 0 Å². The first-order chi connectivity index (χ1) is 7.99. The van der Waals surface area contributed by atoms with Gasteiger partial charge in [-0.1, -0.05) is 0 Å². The normalized spacial score (nSPS) is 10.4. The van der Waals surface area contributed by atoms with E-state index >= 15 is 0 Å². The van der Waals surface area contributed by atoms with Crippen molar-refractivity contribution in [2.75, 3.05) is 13.1 Å². The third-order valence-corrected chi connectivity index (χ3v) is 2.01. The minimum atomic E-state index is -1.71. The lowest BCUT2D eigenvalue weighted by molar-refractivity contribution is 0.0942. The first kappa shape index (κ1) is 13.4. The van der Waals surface area contributed by atoms with E-state index in [-0.39, 0.29) is 19.2 Å². The average Bonchev–Trinajstić information content (AvgIpc) is 2.27. The molecule has 0 saturated carbocycles. The molecule has 1 aromatic rings. The van der Waals surface area contributed by atoms with Crippen molar-refractivity contribution in [3.63, 3.8) is 0 Å². The molecule has 0 saturated heterocycles. The summed E-state index contributed by atoms with van der Waals surface area (Å²) in [5.74, 6) is -7.88. The summed E-state index contributed by atoms with van der Waals surface area (Å²) in [6.45, 7) is 0.328. The molecule has 0 bridgehead atoms. The van der Waals surface area contributed by atoms with Gasteiger partial charge in [0.05, 0.1) is 0 Å². The fourth-order valence-electron chi connectivity index (χ4n) is 1.16. The Balaban J connectivity index is 3.00. The molecule has 0 radical (unpaired) electrons. The van der Waals surface area contributed by atoms with Gasteiger partial charge in [0.25, 0.3) is 5.91 Å². The van der Waals surface area contributed by atoms with E-state index in [2.05, 4.69) is 5.32 Å². The predicted molar refractivity (Wildman–Crippen MR) is 52.3 cm³/mol. The van der Waals surface area contributed by atoms with Gasteiger partial charge in [-0.2, -0.15) is 0 Å². The van der Waals surface area contributed by atoms with E-state index in [0.717, 1.165) is 0 Å². The molecule has 0 spiro atoms. The van der Waals surface area contributed by atoms with Gasteiger partial charge in [0.15, 0.2) is 23.3 Å². The average molecular weight is 250 g/mol. The Labute approximate surface area is 94.6 Å². The third-order valence-electron chi connectivity index (χ3n) is 2.01. The molecule has 1 amide bonds. The summed E-state index contributed by atoms with van der Waals surface area (Å²) in [4.78, 5) is 11.3. The van der Waals surface area contributed by atoms with Gasteiger partial charge in [-0.3, -0.25) is 4.79 Å². The van der Waals surface area contributed by atoms with Crippen LogP contribution in [0.1, 0.15) is 16.8 Å². The number of nitrogens with one attached hydrogen (secondary N) is 1. The zero-order valence-electron chi connectivity index (χ0n) is 8.70. The lowest BCUT2D eigenvalue weighted by atomic mass is 10.1. The molecule has 17 heavy (non-hydrogen) atoms. The predicted octanol–water partition coefficient (Wildman–Crippen LogP) is 1.32. The molecule has 3 N–H and O–H groups in total. The molecule has 0 aliphatic carbocycles. The van der Waals surface area contributed by atoms with E-state index < -0.39 is 34.7 Å². The van der Waals surface area contributed by atoms with Crippen molar-refractivity contribution < 1.29 is 22.4 Å². The number of carbonyl (C=O) groups is 1. The first-order valence-electron chi connectivity index (χ1n) is 4.80. The van der Waals surface area contributed by atoms with Crippen molar-refractivity contribution in [1.82, 2.24) is 5.32 Å². The monoisotopic (exact) mass is 250 g/mol. The highest BCUT2D eigenvalue weighted by Gasteiger charge is 2.24. The molecule has 7 heteroatoms. The van der Waals surface area contributed by atoms with Crippen molar-refractivity contribution in [2.45, 2.75) is 6.42 Å². The molecule has 1 rings (SSSR count). The van der Waals surface area contributed by atoms with E-state index in [1.165, 1.54) is 0 Å². The molecule has 0 fully saturated rings. The van der Waals surface area contributed by atoms with E-state index in [1.807, 2.05) is 0 Å². The number of halogens is 4. The number of benzene rings is 1. The SMILES string of the molecule is NCCCNC(=O)c1c(F)c(F)cc(F)c1F. The molecule has 0 aliphatic rings. The molecule has 94 valence electrons. The van der Waals surface area contributed by atoms with Crippen molar-refractivity contribution in [2.24, 2.45) is 5.73 Å². The minimum Gasteiger partial charge on any atom is -0.352 e. The summed E-state index contributed by atoms with van der Waals surface area (Å²) in [5, 5.41) is 2.10. The highest BCUT2D eigenvalue weighted by molar-refractivity contribution is 5.94. The van der Waals surface area contributed by atoms with Gasteiger partial charge in [0, 0.05) is 12.6 Å². The summed E-state index contributed by atoms with van der Waals surface area (Å²) in [6.07, 6.45) is 0.382. The molecule has 0 aromatic heterocycles. The smallest absolute Gasteiger partial charge is 0.257 e. The second-order valence-corrected chi connectivity index (χ2v) is 3.24. The molecule has 3 nitrogen and oxygen atoms in total. The maximum absolute atomic E-state index is 13.1. The Morgan fingerprint density at radius 2 is 1.71 bits per heavy atom. The second kappa shape index (κ2) is 5.62. The van der Waals surface area contributed by atoms with E-state index in [1.54, 1.807) is 0 Å². The molecule has 0 heterocycles. The van der Waals surface area contributed by atoms with Crippen molar-refractivity contribution in [3.05, 3.63) is 34.9 Å². The Hall–Kier alpha value is -1.63. The lowest BCUT2D eigenvalue weighted by Crippen LogP contribution is -2.28. The van der Waals surface area contributed by atoms with Crippen LogP contribution >= 0.6 is 0 Å². The van der Waals surface area contributed by atoms with Gasteiger partial charge < -0.3 is 11.1 Å². The van der Waals surface area contributed by atoms with Crippen LogP contribution < -0.4 is 11.1 Å². The number of amides is 1. The Kier molecular flexibility index (Phi) is 4.45. The van der Waals surface area contributed by atoms with E-state index in [0.29, 0.717) is 6.42 Å².